The van der Waals surface area contributed by atoms with Gasteiger partial charge in [-0.15, -0.1) is 11.3 Å². The molecular weight excluding hydrogens is 308 g/mol. The van der Waals surface area contributed by atoms with E-state index in [1.165, 1.54) is 11.3 Å². The molecule has 0 amide bonds. The van der Waals surface area contributed by atoms with E-state index in [2.05, 4.69) is 15.9 Å². The molecule has 0 aliphatic heterocycles. The molecule has 0 aliphatic carbocycles. The summed E-state index contributed by atoms with van der Waals surface area (Å²) < 4.78 is 0.975. The minimum atomic E-state index is 0.0151. The lowest BCUT2D eigenvalue weighted by Crippen LogP contribution is -1.97. The van der Waals surface area contributed by atoms with Gasteiger partial charge in [-0.1, -0.05) is 23.7 Å². The zero-order valence-corrected chi connectivity index (χ0v) is 11.6. The van der Waals surface area contributed by atoms with Gasteiger partial charge in [-0.25, -0.2) is 0 Å². The second-order valence-electron chi connectivity index (χ2n) is 3.35. The van der Waals surface area contributed by atoms with Crippen LogP contribution in [0.15, 0.2) is 34.8 Å². The van der Waals surface area contributed by atoms with Crippen molar-refractivity contribution in [2.45, 2.75) is 6.92 Å². The van der Waals surface area contributed by atoms with Gasteiger partial charge in [0.1, 0.15) is 0 Å². The highest BCUT2D eigenvalue weighted by molar-refractivity contribution is 9.10. The van der Waals surface area contributed by atoms with E-state index >= 15 is 0 Å². The summed E-state index contributed by atoms with van der Waals surface area (Å²) >= 11 is 10.7. The maximum absolute atomic E-state index is 12.1. The molecule has 0 aliphatic rings. The summed E-state index contributed by atoms with van der Waals surface area (Å²) in [5.41, 5.74) is 0.626. The number of carbonyl (C=O) groups is 1. The first kappa shape index (κ1) is 11.8. The average molecular weight is 316 g/mol. The van der Waals surface area contributed by atoms with Crippen molar-refractivity contribution in [2.24, 2.45) is 0 Å². The predicted octanol–water partition coefficient (Wildman–Crippen LogP) is 4.70. The average Bonchev–Trinajstić information content (AvgIpc) is 2.58. The number of aryl methyl sites for hydroxylation is 1. The summed E-state index contributed by atoms with van der Waals surface area (Å²) in [7, 11) is 0. The van der Waals surface area contributed by atoms with Crippen LogP contribution in [-0.2, 0) is 0 Å². The fourth-order valence-electron chi connectivity index (χ4n) is 1.34. The lowest BCUT2D eigenvalue weighted by molar-refractivity contribution is 0.104. The summed E-state index contributed by atoms with van der Waals surface area (Å²) in [4.78, 5) is 13.9. The van der Waals surface area contributed by atoms with Crippen LogP contribution >= 0.6 is 38.9 Å². The Morgan fingerprint density at radius 2 is 2.12 bits per heavy atom. The Bertz CT molecular complexity index is 528. The van der Waals surface area contributed by atoms with E-state index in [0.717, 1.165) is 14.2 Å². The number of hydrogen-bond acceptors (Lipinski definition) is 2. The van der Waals surface area contributed by atoms with E-state index in [1.54, 1.807) is 24.3 Å². The molecule has 1 aromatic carbocycles. The van der Waals surface area contributed by atoms with Crippen molar-refractivity contribution in [3.63, 3.8) is 0 Å². The number of ketones is 1. The molecule has 0 saturated carbocycles. The van der Waals surface area contributed by atoms with Gasteiger partial charge >= 0.3 is 0 Å². The van der Waals surface area contributed by atoms with Crippen molar-refractivity contribution < 1.29 is 4.79 Å². The Balaban J connectivity index is 2.39. The number of benzene rings is 1. The Labute approximate surface area is 111 Å². The van der Waals surface area contributed by atoms with Crippen molar-refractivity contribution in [2.75, 3.05) is 0 Å². The summed E-state index contributed by atoms with van der Waals surface area (Å²) in [5, 5.41) is 0.582. The van der Waals surface area contributed by atoms with Crippen LogP contribution in [0.1, 0.15) is 20.1 Å². The molecule has 0 saturated heterocycles. The van der Waals surface area contributed by atoms with Gasteiger partial charge in [-0.3, -0.25) is 4.79 Å². The lowest BCUT2D eigenvalue weighted by Gasteiger charge is -1.98. The summed E-state index contributed by atoms with van der Waals surface area (Å²) in [6.07, 6.45) is 0. The molecule has 0 unspecified atom stereocenters. The number of thiophene rings is 1. The van der Waals surface area contributed by atoms with Crippen LogP contribution in [0.3, 0.4) is 0 Å². The molecule has 2 aromatic rings. The van der Waals surface area contributed by atoms with Gasteiger partial charge in [-0.05, 0) is 41.1 Å². The largest absolute Gasteiger partial charge is 0.288 e. The number of halogens is 2. The van der Waals surface area contributed by atoms with Crippen molar-refractivity contribution >= 4 is 44.7 Å². The third-order valence-corrected chi connectivity index (χ3v) is 4.54. The summed E-state index contributed by atoms with van der Waals surface area (Å²) in [6, 6.07) is 8.85. The van der Waals surface area contributed by atoms with E-state index in [9.17, 15) is 4.79 Å². The highest BCUT2D eigenvalue weighted by atomic mass is 79.9. The smallest absolute Gasteiger partial charge is 0.203 e. The van der Waals surface area contributed by atoms with Crippen molar-refractivity contribution in [1.82, 2.24) is 0 Å². The zero-order valence-electron chi connectivity index (χ0n) is 8.46. The highest BCUT2D eigenvalue weighted by Gasteiger charge is 2.13. The molecule has 0 atom stereocenters. The lowest BCUT2D eigenvalue weighted by atomic mass is 10.1. The first-order valence-corrected chi connectivity index (χ1v) is 6.63. The maximum Gasteiger partial charge on any atom is 0.203 e. The standard InChI is InChI=1S/C12H8BrClOS/c1-7-10(13)6-11(16-7)12(15)8-3-2-4-9(14)5-8/h2-6H,1H3. The van der Waals surface area contributed by atoms with E-state index in [1.807, 2.05) is 13.0 Å². The summed E-state index contributed by atoms with van der Waals surface area (Å²) in [6.45, 7) is 1.98. The van der Waals surface area contributed by atoms with Gasteiger partial charge in [0.05, 0.1) is 4.88 Å². The maximum atomic E-state index is 12.1. The Hall–Kier alpha value is -0.640. The Morgan fingerprint density at radius 3 is 2.69 bits per heavy atom. The number of rotatable bonds is 2. The van der Waals surface area contributed by atoms with Crippen LogP contribution in [0.4, 0.5) is 0 Å². The Morgan fingerprint density at radius 1 is 1.38 bits per heavy atom. The van der Waals surface area contributed by atoms with E-state index in [0.29, 0.717) is 10.6 Å². The minimum Gasteiger partial charge on any atom is -0.288 e. The predicted molar refractivity (Wildman–Crippen MR) is 71.6 cm³/mol. The van der Waals surface area contributed by atoms with Gasteiger partial charge < -0.3 is 0 Å². The molecule has 0 N–H and O–H groups in total. The van der Waals surface area contributed by atoms with Crippen molar-refractivity contribution in [1.29, 1.82) is 0 Å². The van der Waals surface area contributed by atoms with Crippen LogP contribution in [0.5, 0.6) is 0 Å². The van der Waals surface area contributed by atoms with Crippen LogP contribution in [0.2, 0.25) is 5.02 Å². The van der Waals surface area contributed by atoms with Gasteiger partial charge in [-0.2, -0.15) is 0 Å². The fourth-order valence-corrected chi connectivity index (χ4v) is 3.03. The van der Waals surface area contributed by atoms with Crippen molar-refractivity contribution in [3.05, 3.63) is 55.1 Å². The number of hydrogen-bond donors (Lipinski definition) is 0. The SMILES string of the molecule is Cc1sc(C(=O)c2cccc(Cl)c2)cc1Br. The van der Waals surface area contributed by atoms with Gasteiger partial charge in [0, 0.05) is 19.9 Å². The molecule has 2 rings (SSSR count). The highest BCUT2D eigenvalue weighted by Crippen LogP contribution is 2.28. The van der Waals surface area contributed by atoms with Crippen LogP contribution < -0.4 is 0 Å². The van der Waals surface area contributed by atoms with Gasteiger partial charge in [0.2, 0.25) is 5.78 Å². The van der Waals surface area contributed by atoms with E-state index in [-0.39, 0.29) is 5.78 Å². The summed E-state index contributed by atoms with van der Waals surface area (Å²) in [5.74, 6) is 0.0151. The third-order valence-electron chi connectivity index (χ3n) is 2.17. The molecule has 4 heteroatoms. The third kappa shape index (κ3) is 2.37. The number of carbonyl (C=O) groups excluding carboxylic acids is 1. The molecule has 0 spiro atoms. The zero-order chi connectivity index (χ0) is 11.7. The quantitative estimate of drug-likeness (QED) is 0.734. The van der Waals surface area contributed by atoms with Gasteiger partial charge in [0.25, 0.3) is 0 Å². The van der Waals surface area contributed by atoms with Crippen molar-refractivity contribution in [3.8, 4) is 0 Å². The second-order valence-corrected chi connectivity index (χ2v) is 5.90. The monoisotopic (exact) mass is 314 g/mol. The first-order chi connectivity index (χ1) is 7.58. The second kappa shape index (κ2) is 4.70. The molecule has 82 valence electrons. The van der Waals surface area contributed by atoms with Crippen LogP contribution in [0.25, 0.3) is 0 Å². The molecule has 1 aromatic heterocycles. The first-order valence-electron chi connectivity index (χ1n) is 4.64. The van der Waals surface area contributed by atoms with Gasteiger partial charge in [0.15, 0.2) is 0 Å². The minimum absolute atomic E-state index is 0.0151. The topological polar surface area (TPSA) is 17.1 Å². The van der Waals surface area contributed by atoms with E-state index in [4.69, 9.17) is 11.6 Å². The Kier molecular flexibility index (Phi) is 3.47. The molecular formula is C12H8BrClOS. The molecule has 1 heterocycles. The van der Waals surface area contributed by atoms with Crippen LogP contribution in [-0.4, -0.2) is 5.78 Å². The molecule has 0 bridgehead atoms. The van der Waals surface area contributed by atoms with Crippen LogP contribution in [0, 0.1) is 6.92 Å². The normalized spacial score (nSPS) is 10.4. The molecule has 1 nitrogen and oxygen atoms in total. The fraction of sp³-hybridized carbons (Fsp3) is 0.0833. The van der Waals surface area contributed by atoms with E-state index < -0.39 is 0 Å². The molecule has 16 heavy (non-hydrogen) atoms. The molecule has 0 fully saturated rings. The molecule has 0 radical (unpaired) electrons.